The molecule has 0 bridgehead atoms. The summed E-state index contributed by atoms with van der Waals surface area (Å²) >= 11 is 6.09. The van der Waals surface area contributed by atoms with Crippen LogP contribution in [0.15, 0.2) is 24.3 Å². The second kappa shape index (κ2) is 5.85. The first-order valence-corrected chi connectivity index (χ1v) is 6.72. The zero-order valence-corrected chi connectivity index (χ0v) is 10.8. The van der Waals surface area contributed by atoms with E-state index in [1.807, 2.05) is 12.1 Å². The number of rotatable bonds is 3. The fourth-order valence-corrected chi connectivity index (χ4v) is 3.04. The normalized spacial score (nSPS) is 25.5. The Hall–Kier alpha value is -0.570. The van der Waals surface area contributed by atoms with Crippen LogP contribution in [-0.2, 0) is 5.41 Å². The van der Waals surface area contributed by atoms with Gasteiger partial charge in [-0.3, -0.25) is 0 Å². The van der Waals surface area contributed by atoms with Gasteiger partial charge in [-0.15, -0.1) is 0 Å². The Morgan fingerprint density at radius 3 is 2.94 bits per heavy atom. The molecule has 1 aliphatic heterocycles. The van der Waals surface area contributed by atoms with E-state index in [2.05, 4.69) is 17.4 Å². The molecule has 1 aromatic carbocycles. The summed E-state index contributed by atoms with van der Waals surface area (Å²) in [5.74, 6) is 0. The Bertz CT molecular complexity index is 359. The van der Waals surface area contributed by atoms with E-state index in [9.17, 15) is 5.11 Å². The van der Waals surface area contributed by atoms with Gasteiger partial charge in [-0.1, -0.05) is 23.7 Å². The van der Waals surface area contributed by atoms with E-state index in [1.165, 1.54) is 5.56 Å². The second-order valence-corrected chi connectivity index (χ2v) is 5.30. The molecule has 3 heteroatoms. The molecule has 2 N–H and O–H groups in total. The first kappa shape index (κ1) is 12.9. The van der Waals surface area contributed by atoms with Crippen LogP contribution < -0.4 is 5.32 Å². The highest BCUT2D eigenvalue weighted by atomic mass is 35.5. The minimum absolute atomic E-state index is 0.100. The molecule has 0 aromatic heterocycles. The van der Waals surface area contributed by atoms with E-state index in [4.69, 9.17) is 11.6 Å². The molecule has 1 saturated heterocycles. The summed E-state index contributed by atoms with van der Waals surface area (Å²) < 4.78 is 0. The van der Waals surface area contributed by atoms with Crippen molar-refractivity contribution >= 4 is 11.6 Å². The summed E-state index contributed by atoms with van der Waals surface area (Å²) in [5.41, 5.74) is 1.38. The fourth-order valence-electron chi connectivity index (χ4n) is 2.84. The van der Waals surface area contributed by atoms with E-state index in [-0.39, 0.29) is 12.0 Å². The molecule has 0 spiro atoms. The number of benzene rings is 1. The van der Waals surface area contributed by atoms with Gasteiger partial charge in [0.25, 0.3) is 0 Å². The van der Waals surface area contributed by atoms with Crippen LogP contribution in [0.4, 0.5) is 0 Å². The maximum Gasteiger partial charge on any atom is 0.0439 e. The van der Waals surface area contributed by atoms with Crippen LogP contribution in [0.5, 0.6) is 0 Å². The first-order chi connectivity index (χ1) is 8.27. The van der Waals surface area contributed by atoms with E-state index < -0.39 is 0 Å². The van der Waals surface area contributed by atoms with Crippen molar-refractivity contribution < 1.29 is 5.11 Å². The molecule has 0 radical (unpaired) electrons. The highest BCUT2D eigenvalue weighted by Crippen LogP contribution is 2.38. The molecule has 2 rings (SSSR count). The highest BCUT2D eigenvalue weighted by Gasteiger charge is 2.32. The monoisotopic (exact) mass is 253 g/mol. The first-order valence-electron chi connectivity index (χ1n) is 6.34. The van der Waals surface area contributed by atoms with Gasteiger partial charge in [0, 0.05) is 11.6 Å². The summed E-state index contributed by atoms with van der Waals surface area (Å²) in [4.78, 5) is 0. The number of nitrogens with one attached hydrogen (secondary N) is 1. The van der Waals surface area contributed by atoms with E-state index in [1.54, 1.807) is 0 Å². The van der Waals surface area contributed by atoms with E-state index in [0.717, 1.165) is 43.8 Å². The molecule has 1 aromatic rings. The summed E-state index contributed by atoms with van der Waals surface area (Å²) in [6.45, 7) is 2.34. The van der Waals surface area contributed by atoms with Crippen LogP contribution in [0.25, 0.3) is 0 Å². The van der Waals surface area contributed by atoms with Gasteiger partial charge < -0.3 is 10.4 Å². The zero-order valence-electron chi connectivity index (χ0n) is 10.1. The lowest BCUT2D eigenvalue weighted by molar-refractivity contribution is 0.224. The standard InChI is InChI=1S/C14H20ClNO/c15-13-4-1-3-12(11-13)14(7-10-17)5-2-8-16-9-6-14/h1,3-4,11,16-17H,2,5-10H2. The van der Waals surface area contributed by atoms with Gasteiger partial charge in [0.15, 0.2) is 0 Å². The molecule has 0 amide bonds. The topological polar surface area (TPSA) is 32.3 Å². The maximum absolute atomic E-state index is 9.35. The van der Waals surface area contributed by atoms with Gasteiger partial charge in [-0.2, -0.15) is 0 Å². The van der Waals surface area contributed by atoms with Crippen LogP contribution in [0.1, 0.15) is 31.2 Å². The molecule has 1 atom stereocenters. The van der Waals surface area contributed by atoms with Crippen LogP contribution in [0, 0.1) is 0 Å². The summed E-state index contributed by atoms with van der Waals surface area (Å²) in [7, 11) is 0. The molecule has 1 fully saturated rings. The van der Waals surface area contributed by atoms with Crippen molar-refractivity contribution in [1.29, 1.82) is 0 Å². The molecule has 1 unspecified atom stereocenters. The molecular formula is C14H20ClNO. The van der Waals surface area contributed by atoms with Crippen molar-refractivity contribution in [2.45, 2.75) is 31.1 Å². The molecular weight excluding hydrogens is 234 g/mol. The lowest BCUT2D eigenvalue weighted by Gasteiger charge is -2.33. The fraction of sp³-hybridized carbons (Fsp3) is 0.571. The number of aliphatic hydroxyl groups is 1. The highest BCUT2D eigenvalue weighted by molar-refractivity contribution is 6.30. The second-order valence-electron chi connectivity index (χ2n) is 4.87. The quantitative estimate of drug-likeness (QED) is 0.868. The third-order valence-corrected chi connectivity index (χ3v) is 4.05. The third kappa shape index (κ3) is 3.01. The Kier molecular flexibility index (Phi) is 4.43. The summed E-state index contributed by atoms with van der Waals surface area (Å²) in [5, 5.41) is 13.6. The van der Waals surface area contributed by atoms with Gasteiger partial charge in [0.1, 0.15) is 0 Å². The van der Waals surface area contributed by atoms with Gasteiger partial charge in [0.2, 0.25) is 0 Å². The number of halogens is 1. The molecule has 2 nitrogen and oxygen atoms in total. The number of hydrogen-bond acceptors (Lipinski definition) is 2. The average Bonchev–Trinajstić information content (AvgIpc) is 2.56. The molecule has 0 aliphatic carbocycles. The predicted octanol–water partition coefficient (Wildman–Crippen LogP) is 2.73. The van der Waals surface area contributed by atoms with Gasteiger partial charge in [-0.25, -0.2) is 0 Å². The summed E-state index contributed by atoms with van der Waals surface area (Å²) in [6.07, 6.45) is 4.19. The Morgan fingerprint density at radius 1 is 1.29 bits per heavy atom. The van der Waals surface area contributed by atoms with Crippen LogP contribution in [-0.4, -0.2) is 24.8 Å². The lowest BCUT2D eigenvalue weighted by atomic mass is 9.72. The van der Waals surface area contributed by atoms with Gasteiger partial charge in [-0.05, 0) is 61.9 Å². The molecule has 1 heterocycles. The smallest absolute Gasteiger partial charge is 0.0439 e. The Balaban J connectivity index is 2.31. The molecule has 1 aliphatic rings. The molecule has 94 valence electrons. The predicted molar refractivity (Wildman–Crippen MR) is 71.6 cm³/mol. The molecule has 17 heavy (non-hydrogen) atoms. The van der Waals surface area contributed by atoms with Crippen molar-refractivity contribution in [3.8, 4) is 0 Å². The number of aliphatic hydroxyl groups excluding tert-OH is 1. The lowest BCUT2D eigenvalue weighted by Crippen LogP contribution is -2.29. The third-order valence-electron chi connectivity index (χ3n) is 3.82. The van der Waals surface area contributed by atoms with Gasteiger partial charge in [0.05, 0.1) is 0 Å². The van der Waals surface area contributed by atoms with Crippen molar-refractivity contribution in [1.82, 2.24) is 5.32 Å². The zero-order chi connectivity index (χ0) is 12.1. The minimum atomic E-state index is 0.100. The van der Waals surface area contributed by atoms with Gasteiger partial charge >= 0.3 is 0 Å². The van der Waals surface area contributed by atoms with Crippen molar-refractivity contribution in [3.05, 3.63) is 34.9 Å². The Morgan fingerprint density at radius 2 is 2.18 bits per heavy atom. The van der Waals surface area contributed by atoms with E-state index >= 15 is 0 Å². The van der Waals surface area contributed by atoms with Crippen LogP contribution in [0.2, 0.25) is 5.02 Å². The van der Waals surface area contributed by atoms with Crippen LogP contribution >= 0.6 is 11.6 Å². The van der Waals surface area contributed by atoms with Crippen molar-refractivity contribution in [2.24, 2.45) is 0 Å². The maximum atomic E-state index is 9.35. The van der Waals surface area contributed by atoms with Crippen molar-refractivity contribution in [3.63, 3.8) is 0 Å². The minimum Gasteiger partial charge on any atom is -0.396 e. The summed E-state index contributed by atoms with van der Waals surface area (Å²) in [6, 6.07) is 8.12. The van der Waals surface area contributed by atoms with Crippen LogP contribution in [0.3, 0.4) is 0 Å². The van der Waals surface area contributed by atoms with E-state index in [0.29, 0.717) is 0 Å². The molecule has 0 saturated carbocycles. The largest absolute Gasteiger partial charge is 0.396 e. The number of hydrogen-bond donors (Lipinski definition) is 2. The van der Waals surface area contributed by atoms with Crippen molar-refractivity contribution in [2.75, 3.05) is 19.7 Å². The Labute approximate surface area is 108 Å². The average molecular weight is 254 g/mol. The SMILES string of the molecule is OCCC1(c2cccc(Cl)c2)CCCNCC1.